The Kier molecular flexibility index (Phi) is 20.3. The molecule has 0 amide bonds. The fourth-order valence-corrected chi connectivity index (χ4v) is 0.941. The molecule has 0 nitrogen and oxygen atoms in total. The third-order valence-corrected chi connectivity index (χ3v) is 1.91. The normalized spacial score (nSPS) is 11.2. The van der Waals surface area contributed by atoms with E-state index in [9.17, 15) is 0 Å². The van der Waals surface area contributed by atoms with Gasteiger partial charge in [-0.15, -0.1) is 13.3 Å². The molecule has 0 unspecified atom stereocenters. The second-order valence-corrected chi connectivity index (χ2v) is 2.95. The number of hydrogen-bond acceptors (Lipinski definition) is 0. The van der Waals surface area contributed by atoms with Crippen LogP contribution >= 0.6 is 0 Å². The Morgan fingerprint density at radius 3 is 1.81 bits per heavy atom. The van der Waals surface area contributed by atoms with Gasteiger partial charge in [0.05, 0.1) is 0 Å². The first kappa shape index (κ1) is 21.4. The Bertz CT molecular complexity index is 270. The molecule has 2 rings (SSSR count). The molecule has 0 heterocycles. The monoisotopic (exact) mass is 332 g/mol. The van der Waals surface area contributed by atoms with Gasteiger partial charge >= 0.3 is 28.4 Å². The maximum absolute atomic E-state index is 3.34. The van der Waals surface area contributed by atoms with Crippen molar-refractivity contribution in [2.75, 3.05) is 0 Å². The molecule has 0 aromatic heterocycles. The quantitative estimate of drug-likeness (QED) is 0.459. The Morgan fingerprint density at radius 1 is 1.19 bits per heavy atom. The average Bonchev–Trinajstić information content (AvgIpc) is 2.86. The van der Waals surface area contributed by atoms with Crippen LogP contribution in [0, 0.1) is 6.08 Å². The number of hydrogen-bond donors (Lipinski definition) is 0. The molecule has 88 valence electrons. The molecule has 0 bridgehead atoms. The van der Waals surface area contributed by atoms with E-state index < -0.39 is 0 Å². The molecule has 16 heavy (non-hydrogen) atoms. The fraction of sp³-hybridized carbons (Fsp3) is 0.231. The van der Waals surface area contributed by atoms with Crippen molar-refractivity contribution in [3.63, 3.8) is 0 Å². The predicted molar refractivity (Wildman–Crippen MR) is 60.0 cm³/mol. The molecule has 3 heteroatoms. The summed E-state index contributed by atoms with van der Waals surface area (Å²) in [6.07, 6.45) is 6.22. The maximum atomic E-state index is 3.34. The third kappa shape index (κ3) is 10.7. The summed E-state index contributed by atoms with van der Waals surface area (Å²) < 4.78 is 3.34. The molecule has 0 saturated carbocycles. The number of halogens is 2. The van der Waals surface area contributed by atoms with Crippen molar-refractivity contribution in [3.8, 4) is 0 Å². The first-order valence-electron chi connectivity index (χ1n) is 4.55. The zero-order valence-electron chi connectivity index (χ0n) is 9.63. The number of rotatable bonds is 0. The minimum Gasteiger partial charge on any atom is -1.00 e. The van der Waals surface area contributed by atoms with E-state index in [1.165, 1.54) is 35.4 Å². The summed E-state index contributed by atoms with van der Waals surface area (Å²) in [5, 5.41) is 0. The van der Waals surface area contributed by atoms with Crippen molar-refractivity contribution < 1.29 is 49.0 Å². The molecule has 1 aromatic carbocycles. The van der Waals surface area contributed by atoms with Crippen molar-refractivity contribution in [2.45, 2.75) is 20.3 Å². The van der Waals surface area contributed by atoms with E-state index in [1.54, 1.807) is 0 Å². The van der Waals surface area contributed by atoms with Gasteiger partial charge in [-0.05, 0) is 0 Å². The summed E-state index contributed by atoms with van der Waals surface area (Å²) in [4.78, 5) is 0. The van der Waals surface area contributed by atoms with Gasteiger partial charge in [0.15, 0.2) is 0 Å². The van der Waals surface area contributed by atoms with E-state index in [1.807, 2.05) is 30.3 Å². The molecular formula is C13H16Cl2Zr-2. The molecule has 0 fully saturated rings. The summed E-state index contributed by atoms with van der Waals surface area (Å²) in [7, 11) is 0. The predicted octanol–water partition coefficient (Wildman–Crippen LogP) is -2.54. The molecule has 0 aliphatic heterocycles. The second kappa shape index (κ2) is 15.2. The third-order valence-electron chi connectivity index (χ3n) is 1.91. The van der Waals surface area contributed by atoms with E-state index in [0.717, 1.165) is 6.42 Å². The van der Waals surface area contributed by atoms with Crippen LogP contribution in [0.25, 0.3) is 0 Å². The van der Waals surface area contributed by atoms with Gasteiger partial charge in [-0.3, -0.25) is 6.08 Å². The van der Waals surface area contributed by atoms with Crippen LogP contribution in [0.4, 0.5) is 0 Å². The van der Waals surface area contributed by atoms with Crippen molar-refractivity contribution >= 4 is 4.21 Å². The summed E-state index contributed by atoms with van der Waals surface area (Å²) in [6, 6.07) is 10.0. The van der Waals surface area contributed by atoms with Gasteiger partial charge in [-0.1, -0.05) is 6.92 Å². The van der Waals surface area contributed by atoms with E-state index in [-0.39, 0.29) is 24.8 Å². The smallest absolute Gasteiger partial charge is 0.172 e. The van der Waals surface area contributed by atoms with Crippen LogP contribution in [0.2, 0.25) is 0 Å². The molecule has 0 spiro atoms. The molecule has 0 saturated heterocycles. The van der Waals surface area contributed by atoms with Crippen LogP contribution in [0.1, 0.15) is 20.3 Å². The van der Waals surface area contributed by atoms with E-state index in [4.69, 9.17) is 0 Å². The Labute approximate surface area is 126 Å². The van der Waals surface area contributed by atoms with Crippen molar-refractivity contribution in [1.29, 1.82) is 0 Å². The van der Waals surface area contributed by atoms with Crippen LogP contribution in [0.3, 0.4) is 0 Å². The summed E-state index contributed by atoms with van der Waals surface area (Å²) in [5.41, 5.74) is 2.85. The summed E-state index contributed by atoms with van der Waals surface area (Å²) in [5.74, 6) is 0. The van der Waals surface area contributed by atoms with Gasteiger partial charge in [0.2, 0.25) is 0 Å². The van der Waals surface area contributed by atoms with Gasteiger partial charge in [0, 0.05) is 0 Å². The van der Waals surface area contributed by atoms with Crippen molar-refractivity contribution in [1.82, 2.24) is 0 Å². The largest absolute Gasteiger partial charge is 1.00 e. The molecule has 1 aliphatic rings. The topological polar surface area (TPSA) is 0 Å². The van der Waals surface area contributed by atoms with Crippen LogP contribution in [-0.2, 0) is 24.2 Å². The molecule has 0 atom stereocenters. The summed E-state index contributed by atoms with van der Waals surface area (Å²) >= 11 is 1.30. The molecule has 1 aromatic rings. The Morgan fingerprint density at radius 2 is 1.69 bits per heavy atom. The first-order chi connectivity index (χ1) is 6.80. The van der Waals surface area contributed by atoms with Gasteiger partial charge < -0.3 is 24.8 Å². The fourth-order valence-electron chi connectivity index (χ4n) is 0.941. The average molecular weight is 334 g/mol. The van der Waals surface area contributed by atoms with Gasteiger partial charge in [-0.2, -0.15) is 23.8 Å². The zero-order valence-corrected chi connectivity index (χ0v) is 13.6. The molecule has 1 aliphatic carbocycles. The van der Waals surface area contributed by atoms with Gasteiger partial charge in [-0.25, -0.2) is 23.8 Å². The number of allylic oxidation sites excluding steroid dienone is 4. The van der Waals surface area contributed by atoms with E-state index >= 15 is 0 Å². The second-order valence-electron chi connectivity index (χ2n) is 2.95. The minimum absolute atomic E-state index is 0. The van der Waals surface area contributed by atoms with Crippen molar-refractivity contribution in [2.24, 2.45) is 0 Å². The molecular weight excluding hydrogens is 318 g/mol. The van der Waals surface area contributed by atoms with Crippen molar-refractivity contribution in [3.05, 3.63) is 53.6 Å². The zero-order chi connectivity index (χ0) is 10.8. The van der Waals surface area contributed by atoms with Crippen LogP contribution < -0.4 is 24.8 Å². The van der Waals surface area contributed by atoms with Gasteiger partial charge in [0.25, 0.3) is 0 Å². The Balaban J connectivity index is -0.000000169. The maximum Gasteiger partial charge on any atom is -0.172 e. The van der Waals surface area contributed by atoms with Crippen LogP contribution in [0.5, 0.6) is 0 Å². The molecule has 0 N–H and O–H groups in total. The van der Waals surface area contributed by atoms with Gasteiger partial charge in [0.1, 0.15) is 0 Å². The Hall–Kier alpha value is 0.163. The SMILES string of the molecule is CC1=C(C)C[C-]=C1.[CH2]=[Zr+2].[Cl-].[Cl-].c1cc[cH-]c1. The van der Waals surface area contributed by atoms with Crippen LogP contribution in [-0.4, -0.2) is 4.21 Å². The minimum atomic E-state index is 0. The van der Waals surface area contributed by atoms with E-state index in [2.05, 4.69) is 30.2 Å². The summed E-state index contributed by atoms with van der Waals surface area (Å²) in [6.45, 7) is 4.27. The van der Waals surface area contributed by atoms with E-state index in [0.29, 0.717) is 0 Å². The first-order valence-corrected chi connectivity index (χ1v) is 6.29. The molecule has 0 radical (unpaired) electrons. The standard InChI is InChI=1S/C7H9.C5H5.CH2.2ClH.Zr/c1-6-4-3-5-7(6)2;1-2-4-5-3-1;;;;/h4H,5H2,1-2H3;1-5H;1H2;2*1H;/q2*-1;;;;+2/p-2. The van der Waals surface area contributed by atoms with Crippen LogP contribution in [0.15, 0.2) is 47.6 Å².